The van der Waals surface area contributed by atoms with E-state index in [-0.39, 0.29) is 12.2 Å². The van der Waals surface area contributed by atoms with Gasteiger partial charge in [-0.1, -0.05) is 62.3 Å². The van der Waals surface area contributed by atoms with Gasteiger partial charge in [0.15, 0.2) is 25.0 Å². The highest BCUT2D eigenvalue weighted by Gasteiger charge is 2.54. The molecule has 0 spiro atoms. The Morgan fingerprint density at radius 3 is 1.47 bits per heavy atom. The molecule has 1 aliphatic carbocycles. The van der Waals surface area contributed by atoms with E-state index in [1.807, 2.05) is 0 Å². The van der Waals surface area contributed by atoms with Gasteiger partial charge in [-0.25, -0.2) is 0 Å². The Morgan fingerprint density at radius 2 is 1.09 bits per heavy atom. The summed E-state index contributed by atoms with van der Waals surface area (Å²) in [5.74, 6) is 0. The Balaban J connectivity index is 3.38. The predicted molar refractivity (Wildman–Crippen MR) is 152 cm³/mol. The van der Waals surface area contributed by atoms with Crippen molar-refractivity contribution in [2.75, 3.05) is 13.7 Å². The highest BCUT2D eigenvalue weighted by Crippen LogP contribution is 2.41. The van der Waals surface area contributed by atoms with Gasteiger partial charge in [0, 0.05) is 7.11 Å². The van der Waals surface area contributed by atoms with Gasteiger partial charge in [0.05, 0.1) is 12.7 Å². The molecule has 4 atom stereocenters. The van der Waals surface area contributed by atoms with Gasteiger partial charge in [-0.2, -0.15) is 0 Å². The van der Waals surface area contributed by atoms with E-state index in [9.17, 15) is 5.11 Å². The van der Waals surface area contributed by atoms with Crippen molar-refractivity contribution in [1.29, 1.82) is 0 Å². The summed E-state index contributed by atoms with van der Waals surface area (Å²) in [4.78, 5) is 0. The van der Waals surface area contributed by atoms with Crippen molar-refractivity contribution in [2.45, 2.75) is 153 Å². The van der Waals surface area contributed by atoms with Crippen molar-refractivity contribution in [1.82, 2.24) is 0 Å². The molecule has 34 heavy (non-hydrogen) atoms. The molecule has 0 aromatic rings. The van der Waals surface area contributed by atoms with Crippen LogP contribution in [0, 0.1) is 0 Å². The summed E-state index contributed by atoms with van der Waals surface area (Å²) in [5.41, 5.74) is -1.04. The first-order valence-electron chi connectivity index (χ1n) is 14.4. The fourth-order valence-electron chi connectivity index (χ4n) is 5.86. The molecule has 0 saturated heterocycles. The van der Waals surface area contributed by atoms with E-state index >= 15 is 0 Å². The summed E-state index contributed by atoms with van der Waals surface area (Å²) in [6, 6.07) is 9.71. The zero-order valence-electron chi connectivity index (χ0n) is 24.3. The number of methoxy groups -OCH3 is 1. The van der Waals surface area contributed by atoms with Crippen molar-refractivity contribution in [2.24, 2.45) is 0 Å². The van der Waals surface area contributed by atoms with Crippen molar-refractivity contribution >= 4 is 25.0 Å². The van der Waals surface area contributed by atoms with Crippen LogP contribution in [0.4, 0.5) is 0 Å². The lowest BCUT2D eigenvalue weighted by Crippen LogP contribution is -2.66. The van der Waals surface area contributed by atoms with Crippen LogP contribution in [0.25, 0.3) is 0 Å². The Hall–Kier alpha value is 0.451. The van der Waals surface area contributed by atoms with E-state index in [4.69, 9.17) is 18.0 Å². The van der Waals surface area contributed by atoms with Gasteiger partial charge in [0.2, 0.25) is 0 Å². The summed E-state index contributed by atoms with van der Waals surface area (Å²) in [6.45, 7) is 20.7. The molecular weight excluding hydrogens is 477 g/mol. The maximum Gasteiger partial charge on any atom is 0.192 e. The number of aliphatic hydroxyl groups is 1. The highest BCUT2D eigenvalue weighted by atomic mass is 28.4. The lowest BCUT2D eigenvalue weighted by molar-refractivity contribution is -0.195. The van der Waals surface area contributed by atoms with Crippen LogP contribution in [0.2, 0.25) is 54.4 Å². The molecule has 0 amide bonds. The monoisotopic (exact) mass is 534 g/mol. The average Bonchev–Trinajstić information content (AvgIpc) is 2.89. The zero-order valence-corrected chi connectivity index (χ0v) is 27.3. The molecule has 1 rings (SSSR count). The predicted octanol–water partition coefficient (Wildman–Crippen LogP) is 7.33. The van der Waals surface area contributed by atoms with Crippen LogP contribution in [0.1, 0.15) is 75.2 Å². The summed E-state index contributed by atoms with van der Waals surface area (Å²) in [7, 11) is -3.88. The first-order valence-corrected chi connectivity index (χ1v) is 21.9. The van der Waals surface area contributed by atoms with Crippen molar-refractivity contribution in [3.05, 3.63) is 0 Å². The Bertz CT molecular complexity index is 542. The second kappa shape index (κ2) is 14.4. The van der Waals surface area contributed by atoms with Gasteiger partial charge in [-0.05, 0) is 67.2 Å². The van der Waals surface area contributed by atoms with Gasteiger partial charge in [0.25, 0.3) is 0 Å². The molecule has 1 saturated carbocycles. The summed E-state index contributed by atoms with van der Waals surface area (Å²) in [6.07, 6.45) is 0.746. The standard InChI is InChI=1S/C26H58O5Si3/c1-11-32(12-2,13-3)29-22-26(27)21-20-23(30-33(14-4,15-5)16-6)24(28-10)25(26)31-34(17-7,18-8)19-9/h23-25,27H,11-22H2,1-10H3/t23-,24-,25+,26+/m1/s1. The van der Waals surface area contributed by atoms with Crippen LogP contribution in [-0.4, -0.2) is 67.7 Å². The molecule has 0 heterocycles. The van der Waals surface area contributed by atoms with Crippen LogP contribution >= 0.6 is 0 Å². The van der Waals surface area contributed by atoms with Crippen LogP contribution in [0.15, 0.2) is 0 Å². The van der Waals surface area contributed by atoms with Crippen LogP contribution in [0.5, 0.6) is 0 Å². The first kappa shape index (κ1) is 32.5. The molecular formula is C26H58O5Si3. The molecule has 0 aromatic heterocycles. The number of ether oxygens (including phenoxy) is 1. The minimum Gasteiger partial charge on any atom is -0.414 e. The Morgan fingerprint density at radius 1 is 0.676 bits per heavy atom. The topological polar surface area (TPSA) is 57.2 Å². The number of hydrogen-bond acceptors (Lipinski definition) is 5. The van der Waals surface area contributed by atoms with Gasteiger partial charge in [0.1, 0.15) is 17.8 Å². The van der Waals surface area contributed by atoms with Crippen molar-refractivity contribution < 1.29 is 23.1 Å². The molecule has 0 aliphatic heterocycles. The average molecular weight is 535 g/mol. The maximum absolute atomic E-state index is 12.2. The minimum atomic E-state index is -1.99. The highest BCUT2D eigenvalue weighted by molar-refractivity contribution is 6.74. The van der Waals surface area contributed by atoms with Crippen LogP contribution < -0.4 is 0 Å². The quantitative estimate of drug-likeness (QED) is 0.198. The molecule has 204 valence electrons. The SMILES string of the molecule is CC[Si](CC)(CC)OC[C@@]1(O)CC[C@@H](O[Si](CC)(CC)CC)[C@@H](OC)[C@@H]1O[Si](CC)(CC)CC. The number of rotatable bonds is 17. The lowest BCUT2D eigenvalue weighted by atomic mass is 9.79. The van der Waals surface area contributed by atoms with E-state index in [1.54, 1.807) is 7.11 Å². The largest absolute Gasteiger partial charge is 0.414 e. The van der Waals surface area contributed by atoms with E-state index in [2.05, 4.69) is 62.3 Å². The van der Waals surface area contributed by atoms with E-state index in [0.717, 1.165) is 60.8 Å². The first-order chi connectivity index (χ1) is 16.1. The molecule has 8 heteroatoms. The molecule has 1 N–H and O–H groups in total. The summed E-state index contributed by atoms with van der Waals surface area (Å²) >= 11 is 0. The summed E-state index contributed by atoms with van der Waals surface area (Å²) < 4.78 is 26.9. The molecule has 0 unspecified atom stereocenters. The van der Waals surface area contributed by atoms with Crippen LogP contribution in [-0.2, 0) is 18.0 Å². The third-order valence-corrected chi connectivity index (χ3v) is 23.4. The zero-order chi connectivity index (χ0) is 26.0. The third-order valence-electron chi connectivity index (χ3n) is 9.53. The fraction of sp³-hybridized carbons (Fsp3) is 1.00. The maximum atomic E-state index is 12.2. The smallest absolute Gasteiger partial charge is 0.192 e. The van der Waals surface area contributed by atoms with E-state index < -0.39 is 36.7 Å². The molecule has 1 aliphatic rings. The molecule has 5 nitrogen and oxygen atoms in total. The van der Waals surface area contributed by atoms with E-state index in [0.29, 0.717) is 13.0 Å². The lowest BCUT2D eigenvalue weighted by Gasteiger charge is -2.52. The Labute approximate surface area is 215 Å². The van der Waals surface area contributed by atoms with Gasteiger partial charge >= 0.3 is 0 Å². The second-order valence-electron chi connectivity index (χ2n) is 10.6. The van der Waals surface area contributed by atoms with Crippen molar-refractivity contribution in [3.63, 3.8) is 0 Å². The molecule has 0 bridgehead atoms. The van der Waals surface area contributed by atoms with E-state index in [1.165, 1.54) is 0 Å². The van der Waals surface area contributed by atoms with Gasteiger partial charge in [-0.3, -0.25) is 0 Å². The second-order valence-corrected chi connectivity index (χ2v) is 24.8. The summed E-state index contributed by atoms with van der Waals surface area (Å²) in [5, 5.41) is 12.2. The van der Waals surface area contributed by atoms with Crippen LogP contribution in [0.3, 0.4) is 0 Å². The van der Waals surface area contributed by atoms with Crippen molar-refractivity contribution in [3.8, 4) is 0 Å². The van der Waals surface area contributed by atoms with Gasteiger partial charge < -0.3 is 23.1 Å². The molecule has 0 aromatic carbocycles. The number of hydrogen-bond donors (Lipinski definition) is 1. The Kier molecular flexibility index (Phi) is 13.8. The van der Waals surface area contributed by atoms with Gasteiger partial charge in [-0.15, -0.1) is 0 Å². The molecule has 1 fully saturated rings. The fourth-order valence-corrected chi connectivity index (χ4v) is 14.3. The normalized spacial score (nSPS) is 26.7. The third kappa shape index (κ3) is 7.27. The minimum absolute atomic E-state index is 0.0235. The molecule has 0 radical (unpaired) electrons.